The van der Waals surface area contributed by atoms with Crippen LogP contribution in [0.3, 0.4) is 0 Å². The normalized spacial score (nSPS) is 12.8. The highest BCUT2D eigenvalue weighted by atomic mass is 32.1. The van der Waals surface area contributed by atoms with Gasteiger partial charge in [-0.1, -0.05) is 6.92 Å². The van der Waals surface area contributed by atoms with Crippen LogP contribution in [0.2, 0.25) is 0 Å². The second kappa shape index (κ2) is 6.77. The van der Waals surface area contributed by atoms with Gasteiger partial charge in [-0.2, -0.15) is 5.10 Å². The molecular weight excluding hydrogens is 258 g/mol. The van der Waals surface area contributed by atoms with Crippen molar-refractivity contribution in [1.82, 2.24) is 25.1 Å². The van der Waals surface area contributed by atoms with Crippen LogP contribution in [-0.2, 0) is 19.4 Å². The van der Waals surface area contributed by atoms with E-state index in [0.29, 0.717) is 6.04 Å². The van der Waals surface area contributed by atoms with E-state index in [9.17, 15) is 0 Å². The molecule has 1 atom stereocenters. The quantitative estimate of drug-likeness (QED) is 0.840. The van der Waals surface area contributed by atoms with Crippen LogP contribution >= 0.6 is 11.3 Å². The van der Waals surface area contributed by atoms with E-state index in [0.717, 1.165) is 42.3 Å². The van der Waals surface area contributed by atoms with Gasteiger partial charge in [0.1, 0.15) is 12.2 Å². The van der Waals surface area contributed by atoms with Gasteiger partial charge in [0, 0.05) is 30.8 Å². The molecule has 1 N–H and O–H groups in total. The summed E-state index contributed by atoms with van der Waals surface area (Å²) >= 11 is 1.70. The molecule has 0 aliphatic rings. The number of nitrogens with one attached hydrogen (secondary N) is 1. The van der Waals surface area contributed by atoms with Crippen molar-refractivity contribution in [2.45, 2.75) is 45.7 Å². The van der Waals surface area contributed by atoms with Crippen molar-refractivity contribution in [1.29, 1.82) is 0 Å². The van der Waals surface area contributed by atoms with Crippen LogP contribution in [0.1, 0.15) is 29.9 Å². The van der Waals surface area contributed by atoms with Crippen LogP contribution in [-0.4, -0.2) is 32.8 Å². The fraction of sp³-hybridized carbons (Fsp3) is 0.615. The van der Waals surface area contributed by atoms with Crippen LogP contribution < -0.4 is 5.32 Å². The lowest BCUT2D eigenvalue weighted by molar-refractivity contribution is 0.499. The monoisotopic (exact) mass is 279 g/mol. The fourth-order valence-corrected chi connectivity index (χ4v) is 2.72. The number of thiazole rings is 1. The smallest absolute Gasteiger partial charge is 0.138 e. The maximum atomic E-state index is 4.52. The van der Waals surface area contributed by atoms with Crippen LogP contribution in [0.4, 0.5) is 0 Å². The van der Waals surface area contributed by atoms with E-state index < -0.39 is 0 Å². The summed E-state index contributed by atoms with van der Waals surface area (Å²) in [6.07, 6.45) is 4.53. The third-order valence-electron chi connectivity index (χ3n) is 3.09. The van der Waals surface area contributed by atoms with Crippen LogP contribution in [0.5, 0.6) is 0 Å². The Morgan fingerprint density at radius 3 is 2.89 bits per heavy atom. The second-order valence-electron chi connectivity index (χ2n) is 4.65. The molecular formula is C13H21N5S. The van der Waals surface area contributed by atoms with Gasteiger partial charge in [0.25, 0.3) is 0 Å². The van der Waals surface area contributed by atoms with Crippen molar-refractivity contribution >= 4 is 11.3 Å². The van der Waals surface area contributed by atoms with Gasteiger partial charge in [-0.3, -0.25) is 4.68 Å². The summed E-state index contributed by atoms with van der Waals surface area (Å²) in [7, 11) is 1.99. The maximum Gasteiger partial charge on any atom is 0.138 e. The van der Waals surface area contributed by atoms with E-state index in [-0.39, 0.29) is 0 Å². The zero-order chi connectivity index (χ0) is 13.7. The number of aromatic nitrogens is 4. The average molecular weight is 279 g/mol. The Hall–Kier alpha value is -1.27. The summed E-state index contributed by atoms with van der Waals surface area (Å²) in [6, 6.07) is 0.348. The SMILES string of the molecule is CCCn1ncnc1CC(Cc1csc(C)n1)NC. The number of aryl methyl sites for hydroxylation is 2. The molecule has 0 radical (unpaired) electrons. The Kier molecular flexibility index (Phi) is 5.04. The van der Waals surface area contributed by atoms with Crippen molar-refractivity contribution in [3.63, 3.8) is 0 Å². The summed E-state index contributed by atoms with van der Waals surface area (Å²) in [5.41, 5.74) is 1.16. The summed E-state index contributed by atoms with van der Waals surface area (Å²) < 4.78 is 2.00. The lowest BCUT2D eigenvalue weighted by Gasteiger charge is -2.15. The molecule has 0 aromatic carbocycles. The Morgan fingerprint density at radius 2 is 2.26 bits per heavy atom. The largest absolute Gasteiger partial charge is 0.316 e. The molecule has 0 aliphatic heterocycles. The molecule has 0 spiro atoms. The first-order chi connectivity index (χ1) is 9.22. The van der Waals surface area contributed by atoms with Gasteiger partial charge >= 0.3 is 0 Å². The van der Waals surface area contributed by atoms with Crippen molar-refractivity contribution in [2.24, 2.45) is 0 Å². The first-order valence-corrected chi connectivity index (χ1v) is 7.55. The molecule has 0 amide bonds. The van der Waals surface area contributed by atoms with Gasteiger partial charge in [0.2, 0.25) is 0 Å². The molecule has 2 aromatic heterocycles. The predicted molar refractivity (Wildman–Crippen MR) is 77.4 cm³/mol. The van der Waals surface area contributed by atoms with E-state index in [1.807, 2.05) is 18.7 Å². The molecule has 6 heteroatoms. The number of hydrogen-bond acceptors (Lipinski definition) is 5. The molecule has 0 saturated carbocycles. The molecule has 104 valence electrons. The summed E-state index contributed by atoms with van der Waals surface area (Å²) in [4.78, 5) is 8.89. The van der Waals surface area contributed by atoms with Crippen molar-refractivity contribution in [3.8, 4) is 0 Å². The lowest BCUT2D eigenvalue weighted by Crippen LogP contribution is -2.31. The highest BCUT2D eigenvalue weighted by Crippen LogP contribution is 2.12. The molecule has 0 fully saturated rings. The minimum absolute atomic E-state index is 0.348. The van der Waals surface area contributed by atoms with Crippen LogP contribution in [0.15, 0.2) is 11.7 Å². The zero-order valence-electron chi connectivity index (χ0n) is 11.8. The molecule has 2 aromatic rings. The standard InChI is InChI=1S/C13H21N5S/c1-4-5-18-13(15-9-16-18)7-11(14-3)6-12-8-19-10(2)17-12/h8-9,11,14H,4-7H2,1-3H3. The van der Waals surface area contributed by atoms with Crippen LogP contribution in [0.25, 0.3) is 0 Å². The Bertz CT molecular complexity index is 505. The molecule has 0 saturated heterocycles. The van der Waals surface area contributed by atoms with Crippen molar-refractivity contribution in [3.05, 3.63) is 28.2 Å². The predicted octanol–water partition coefficient (Wildman–Crippen LogP) is 1.83. The van der Waals surface area contributed by atoms with Gasteiger partial charge in [0.15, 0.2) is 0 Å². The number of hydrogen-bond donors (Lipinski definition) is 1. The van der Waals surface area contributed by atoms with Gasteiger partial charge < -0.3 is 5.32 Å². The zero-order valence-corrected chi connectivity index (χ0v) is 12.6. The molecule has 0 bridgehead atoms. The Morgan fingerprint density at radius 1 is 1.42 bits per heavy atom. The maximum absolute atomic E-state index is 4.52. The molecule has 2 rings (SSSR count). The average Bonchev–Trinajstić information content (AvgIpc) is 2.99. The molecule has 2 heterocycles. The highest BCUT2D eigenvalue weighted by molar-refractivity contribution is 7.09. The van der Waals surface area contributed by atoms with Gasteiger partial charge in [-0.05, 0) is 20.4 Å². The number of likely N-dealkylation sites (N-methyl/N-ethyl adjacent to an activating group) is 1. The highest BCUT2D eigenvalue weighted by Gasteiger charge is 2.14. The minimum Gasteiger partial charge on any atom is -0.316 e. The minimum atomic E-state index is 0.348. The van der Waals surface area contributed by atoms with E-state index in [2.05, 4.69) is 32.7 Å². The third kappa shape index (κ3) is 3.84. The Balaban J connectivity index is 2.00. The number of rotatable bonds is 7. The third-order valence-corrected chi connectivity index (χ3v) is 3.91. The van der Waals surface area contributed by atoms with Gasteiger partial charge in [-0.15, -0.1) is 11.3 Å². The van der Waals surface area contributed by atoms with Crippen molar-refractivity contribution < 1.29 is 0 Å². The summed E-state index contributed by atoms with van der Waals surface area (Å²) in [6.45, 7) is 5.13. The van der Waals surface area contributed by atoms with E-state index >= 15 is 0 Å². The van der Waals surface area contributed by atoms with E-state index in [1.165, 1.54) is 0 Å². The summed E-state index contributed by atoms with van der Waals surface area (Å²) in [5, 5.41) is 10.9. The first kappa shape index (κ1) is 14.1. The molecule has 19 heavy (non-hydrogen) atoms. The first-order valence-electron chi connectivity index (χ1n) is 6.67. The number of nitrogens with zero attached hydrogens (tertiary/aromatic N) is 4. The molecule has 5 nitrogen and oxygen atoms in total. The van der Waals surface area contributed by atoms with Crippen molar-refractivity contribution in [2.75, 3.05) is 7.05 Å². The second-order valence-corrected chi connectivity index (χ2v) is 5.71. The Labute approximate surface area is 118 Å². The van der Waals surface area contributed by atoms with E-state index in [1.54, 1.807) is 17.7 Å². The lowest BCUT2D eigenvalue weighted by atomic mass is 10.1. The summed E-state index contributed by atoms with van der Waals surface area (Å²) in [5.74, 6) is 1.05. The fourth-order valence-electron chi connectivity index (χ4n) is 2.10. The topological polar surface area (TPSA) is 55.6 Å². The van der Waals surface area contributed by atoms with Gasteiger partial charge in [-0.25, -0.2) is 9.97 Å². The molecule has 1 unspecified atom stereocenters. The van der Waals surface area contributed by atoms with E-state index in [4.69, 9.17) is 0 Å². The van der Waals surface area contributed by atoms with Crippen LogP contribution in [0, 0.1) is 6.92 Å². The van der Waals surface area contributed by atoms with Gasteiger partial charge in [0.05, 0.1) is 10.7 Å². The molecule has 0 aliphatic carbocycles.